The van der Waals surface area contributed by atoms with Gasteiger partial charge in [-0.2, -0.15) is 0 Å². The highest BCUT2D eigenvalue weighted by atomic mass is 19.1. The second kappa shape index (κ2) is 5.31. The molecule has 1 heterocycles. The van der Waals surface area contributed by atoms with Crippen molar-refractivity contribution < 1.29 is 13.5 Å². The molecule has 102 valence electrons. The minimum atomic E-state index is -0.778. The molecule has 19 heavy (non-hydrogen) atoms. The van der Waals surface area contributed by atoms with Gasteiger partial charge in [0.05, 0.1) is 0 Å². The molecule has 1 aromatic heterocycles. The molecule has 0 saturated heterocycles. The first-order valence-electron chi connectivity index (χ1n) is 5.68. The molecule has 0 aliphatic rings. The number of ether oxygens (including phenoxy) is 1. The molecule has 0 spiro atoms. The van der Waals surface area contributed by atoms with Gasteiger partial charge in [-0.1, -0.05) is 0 Å². The van der Waals surface area contributed by atoms with E-state index in [4.69, 9.17) is 10.5 Å². The lowest BCUT2D eigenvalue weighted by Crippen LogP contribution is -2.07. The molecule has 0 amide bonds. The monoisotopic (exact) mass is 268 g/mol. The summed E-state index contributed by atoms with van der Waals surface area (Å²) < 4.78 is 34.1. The Morgan fingerprint density at radius 3 is 2.37 bits per heavy atom. The van der Waals surface area contributed by atoms with Crippen LogP contribution in [-0.4, -0.2) is 14.8 Å². The molecule has 0 bridgehead atoms. The number of aryl methyl sites for hydroxylation is 1. The summed E-state index contributed by atoms with van der Waals surface area (Å²) in [5.74, 6) is -0.811. The van der Waals surface area contributed by atoms with Crippen LogP contribution in [0.15, 0.2) is 12.1 Å². The van der Waals surface area contributed by atoms with Crippen LogP contribution >= 0.6 is 0 Å². The maximum absolute atomic E-state index is 13.6. The molecule has 2 aromatic rings. The number of benzene rings is 1. The smallest absolute Gasteiger partial charge is 0.191 e. The zero-order valence-electron chi connectivity index (χ0n) is 10.7. The predicted octanol–water partition coefficient (Wildman–Crippen LogP) is 1.44. The van der Waals surface area contributed by atoms with Crippen molar-refractivity contribution in [1.82, 2.24) is 14.8 Å². The van der Waals surface area contributed by atoms with Gasteiger partial charge >= 0.3 is 0 Å². The summed E-state index contributed by atoms with van der Waals surface area (Å²) in [4.78, 5) is 0. The molecule has 0 radical (unpaired) electrons. The molecule has 0 saturated carbocycles. The van der Waals surface area contributed by atoms with Gasteiger partial charge in [0.25, 0.3) is 0 Å². The van der Waals surface area contributed by atoms with Gasteiger partial charge in [-0.25, -0.2) is 8.78 Å². The van der Waals surface area contributed by atoms with Gasteiger partial charge in [0.2, 0.25) is 0 Å². The number of aromatic nitrogens is 3. The third-order valence-corrected chi connectivity index (χ3v) is 2.82. The minimum Gasteiger partial charge on any atom is -0.479 e. The van der Waals surface area contributed by atoms with Crippen LogP contribution in [0.25, 0.3) is 0 Å². The molecule has 0 unspecified atom stereocenters. The van der Waals surface area contributed by atoms with Gasteiger partial charge in [0, 0.05) is 13.6 Å². The second-order valence-corrected chi connectivity index (χ2v) is 4.10. The van der Waals surface area contributed by atoms with E-state index in [0.29, 0.717) is 17.2 Å². The lowest BCUT2D eigenvalue weighted by atomic mass is 10.2. The highest BCUT2D eigenvalue weighted by Gasteiger charge is 2.14. The highest BCUT2D eigenvalue weighted by Crippen LogP contribution is 2.24. The zero-order chi connectivity index (χ0) is 14.0. The van der Waals surface area contributed by atoms with E-state index < -0.39 is 17.4 Å². The van der Waals surface area contributed by atoms with Gasteiger partial charge < -0.3 is 15.0 Å². The maximum atomic E-state index is 13.6. The minimum absolute atomic E-state index is 0.0623. The topological polar surface area (TPSA) is 66.0 Å². The Morgan fingerprint density at radius 1 is 1.26 bits per heavy atom. The van der Waals surface area contributed by atoms with Crippen LogP contribution in [0, 0.1) is 18.6 Å². The predicted molar refractivity (Wildman–Crippen MR) is 64.3 cm³/mol. The van der Waals surface area contributed by atoms with E-state index in [-0.39, 0.29) is 13.2 Å². The summed E-state index contributed by atoms with van der Waals surface area (Å²) in [6.45, 7) is 1.78. The Kier molecular flexibility index (Phi) is 3.75. The Morgan fingerprint density at radius 2 is 1.89 bits per heavy atom. The number of halogens is 2. The fourth-order valence-electron chi connectivity index (χ4n) is 1.58. The van der Waals surface area contributed by atoms with Gasteiger partial charge in [-0.05, 0) is 24.6 Å². The second-order valence-electron chi connectivity index (χ2n) is 4.10. The van der Waals surface area contributed by atoms with E-state index in [0.717, 1.165) is 12.1 Å². The summed E-state index contributed by atoms with van der Waals surface area (Å²) in [5.41, 5.74) is 5.70. The zero-order valence-corrected chi connectivity index (χ0v) is 10.7. The molecule has 2 rings (SSSR count). The number of nitrogens with two attached hydrogens (primary N) is 1. The van der Waals surface area contributed by atoms with E-state index in [2.05, 4.69) is 10.2 Å². The SMILES string of the molecule is Cc1nnc(COc2c(F)cc(CN)cc2F)n1C. The molecule has 7 heteroatoms. The molecule has 0 aliphatic carbocycles. The summed E-state index contributed by atoms with van der Waals surface area (Å²) >= 11 is 0. The van der Waals surface area contributed by atoms with Gasteiger partial charge in [0.1, 0.15) is 12.4 Å². The fourth-order valence-corrected chi connectivity index (χ4v) is 1.58. The third kappa shape index (κ3) is 2.70. The van der Waals surface area contributed by atoms with Crippen LogP contribution in [0.3, 0.4) is 0 Å². The molecule has 5 nitrogen and oxygen atoms in total. The lowest BCUT2D eigenvalue weighted by molar-refractivity contribution is 0.262. The number of nitrogens with zero attached hydrogens (tertiary/aromatic N) is 3. The van der Waals surface area contributed by atoms with Crippen LogP contribution in [0.4, 0.5) is 8.78 Å². The Balaban J connectivity index is 2.18. The van der Waals surface area contributed by atoms with Gasteiger partial charge in [0.15, 0.2) is 23.2 Å². The highest BCUT2D eigenvalue weighted by molar-refractivity contribution is 5.31. The van der Waals surface area contributed by atoms with Crippen molar-refractivity contribution in [3.8, 4) is 5.75 Å². The average Bonchev–Trinajstić information content (AvgIpc) is 2.69. The molecular formula is C12H14F2N4O. The summed E-state index contributed by atoms with van der Waals surface area (Å²) in [6.07, 6.45) is 0. The average molecular weight is 268 g/mol. The lowest BCUT2D eigenvalue weighted by Gasteiger charge is -2.09. The van der Waals surface area contributed by atoms with Gasteiger partial charge in [-0.15, -0.1) is 10.2 Å². The molecule has 2 N–H and O–H groups in total. The number of rotatable bonds is 4. The Labute approximate surface area is 109 Å². The fraction of sp³-hybridized carbons (Fsp3) is 0.333. The molecule has 0 atom stereocenters. The maximum Gasteiger partial charge on any atom is 0.191 e. The summed E-state index contributed by atoms with van der Waals surface area (Å²) in [7, 11) is 1.75. The van der Waals surface area contributed by atoms with E-state index in [9.17, 15) is 8.78 Å². The van der Waals surface area contributed by atoms with Crippen molar-refractivity contribution in [3.05, 3.63) is 41.0 Å². The summed E-state index contributed by atoms with van der Waals surface area (Å²) in [5, 5.41) is 7.68. The molecule has 0 fully saturated rings. The third-order valence-electron chi connectivity index (χ3n) is 2.82. The first-order chi connectivity index (χ1) is 9.02. The quantitative estimate of drug-likeness (QED) is 0.911. The number of hydrogen-bond donors (Lipinski definition) is 1. The Bertz CT molecular complexity index is 574. The molecule has 1 aromatic carbocycles. The standard InChI is InChI=1S/C12H14F2N4O/c1-7-16-17-11(18(7)2)6-19-12-9(13)3-8(5-15)4-10(12)14/h3-4H,5-6,15H2,1-2H3. The van der Waals surface area contributed by atoms with Crippen LogP contribution in [0.1, 0.15) is 17.2 Å². The van der Waals surface area contributed by atoms with E-state index >= 15 is 0 Å². The number of hydrogen-bond acceptors (Lipinski definition) is 4. The van der Waals surface area contributed by atoms with Crippen molar-refractivity contribution in [2.45, 2.75) is 20.1 Å². The van der Waals surface area contributed by atoms with Crippen LogP contribution in [0.2, 0.25) is 0 Å². The van der Waals surface area contributed by atoms with Crippen molar-refractivity contribution >= 4 is 0 Å². The van der Waals surface area contributed by atoms with Crippen molar-refractivity contribution in [2.24, 2.45) is 12.8 Å². The van der Waals surface area contributed by atoms with Crippen molar-refractivity contribution in [3.63, 3.8) is 0 Å². The van der Waals surface area contributed by atoms with E-state index in [1.54, 1.807) is 18.5 Å². The largest absolute Gasteiger partial charge is 0.479 e. The van der Waals surface area contributed by atoms with E-state index in [1.807, 2.05) is 0 Å². The van der Waals surface area contributed by atoms with Crippen LogP contribution in [0.5, 0.6) is 5.75 Å². The normalized spacial score (nSPS) is 10.8. The van der Waals surface area contributed by atoms with Crippen LogP contribution in [-0.2, 0) is 20.2 Å². The van der Waals surface area contributed by atoms with Crippen LogP contribution < -0.4 is 10.5 Å². The van der Waals surface area contributed by atoms with Crippen molar-refractivity contribution in [1.29, 1.82) is 0 Å². The Hall–Kier alpha value is -2.02. The summed E-state index contributed by atoms with van der Waals surface area (Å²) in [6, 6.07) is 2.31. The molecule has 0 aliphatic heterocycles. The van der Waals surface area contributed by atoms with Crippen molar-refractivity contribution in [2.75, 3.05) is 0 Å². The first-order valence-corrected chi connectivity index (χ1v) is 5.68. The van der Waals surface area contributed by atoms with E-state index in [1.165, 1.54) is 0 Å². The van der Waals surface area contributed by atoms with Gasteiger partial charge in [-0.3, -0.25) is 0 Å². The molecular weight excluding hydrogens is 254 g/mol. The first kappa shape index (κ1) is 13.4.